The smallest absolute Gasteiger partial charge is 0.187 e. The molecule has 0 saturated carbocycles. The molecule has 0 unspecified atom stereocenters. The molecule has 16 heavy (non-hydrogen) atoms. The largest absolute Gasteiger partial charge is 0.304 e. The van der Waals surface area contributed by atoms with E-state index in [2.05, 4.69) is 25.7 Å². The van der Waals surface area contributed by atoms with E-state index in [4.69, 9.17) is 0 Å². The van der Waals surface area contributed by atoms with Crippen LogP contribution in [0.3, 0.4) is 0 Å². The summed E-state index contributed by atoms with van der Waals surface area (Å²) in [4.78, 5) is 2.38. The van der Waals surface area contributed by atoms with Gasteiger partial charge in [0.2, 0.25) is 0 Å². The predicted molar refractivity (Wildman–Crippen MR) is 104 cm³/mol. The third kappa shape index (κ3) is 53.6. The molecule has 0 bridgehead atoms. The van der Waals surface area contributed by atoms with Crippen LogP contribution >= 0.6 is 86.8 Å². The SMILES string of the molecule is CCN(CC)CC.Cl.Cl.Cl.Cl.Cl.Cl.Cl.[AlH3].[AlH3]. The van der Waals surface area contributed by atoms with Gasteiger partial charge in [-0.3, -0.25) is 0 Å². The predicted octanol–water partition coefficient (Wildman–Crippen LogP) is 1.93. The Morgan fingerprint density at radius 3 is 0.625 bits per heavy atom. The lowest BCUT2D eigenvalue weighted by Gasteiger charge is -2.13. The standard InChI is InChI=1S/C6H15N.2Al.7ClH.6H/c1-4-7(5-2)6-3;;;;;;;;;;;;;;;/h4-6H2,1-3H3;;;7*1H;;;;;;. The van der Waals surface area contributed by atoms with Crippen molar-refractivity contribution in [3.05, 3.63) is 0 Å². The van der Waals surface area contributed by atoms with E-state index in [1.807, 2.05) is 0 Å². The van der Waals surface area contributed by atoms with Crippen molar-refractivity contribution in [3.8, 4) is 0 Å². The summed E-state index contributed by atoms with van der Waals surface area (Å²) in [6.07, 6.45) is 0. The van der Waals surface area contributed by atoms with Gasteiger partial charge in [0.25, 0.3) is 0 Å². The highest BCUT2D eigenvalue weighted by Gasteiger charge is 1.89. The van der Waals surface area contributed by atoms with Crippen molar-refractivity contribution in [2.24, 2.45) is 0 Å². The summed E-state index contributed by atoms with van der Waals surface area (Å²) in [6, 6.07) is 0. The van der Waals surface area contributed by atoms with Crippen LogP contribution in [0.25, 0.3) is 0 Å². The average Bonchev–Trinajstić information content (AvgIpc) is 1.72. The van der Waals surface area contributed by atoms with Crippen molar-refractivity contribution >= 4 is 122 Å². The third-order valence-electron chi connectivity index (χ3n) is 1.34. The van der Waals surface area contributed by atoms with E-state index in [0.29, 0.717) is 0 Å². The van der Waals surface area contributed by atoms with Crippen LogP contribution in [0.5, 0.6) is 0 Å². The minimum absolute atomic E-state index is 0. The molecule has 0 aromatic heterocycles. The van der Waals surface area contributed by atoms with Gasteiger partial charge in [0, 0.05) is 0 Å². The van der Waals surface area contributed by atoms with E-state index in [1.54, 1.807) is 0 Å². The number of hydrogen-bond donors (Lipinski definition) is 0. The fourth-order valence-corrected chi connectivity index (χ4v) is 0.671. The van der Waals surface area contributed by atoms with Gasteiger partial charge in [-0.1, -0.05) is 20.8 Å². The van der Waals surface area contributed by atoms with Gasteiger partial charge in [-0.2, -0.15) is 0 Å². The molecule has 0 aliphatic rings. The normalized spacial score (nSPS) is 4.50. The summed E-state index contributed by atoms with van der Waals surface area (Å²) in [5, 5.41) is 0. The van der Waals surface area contributed by atoms with Gasteiger partial charge in [0.05, 0.1) is 0 Å². The molecular weight excluding hydrogens is 388 g/mol. The first-order valence-electron chi connectivity index (χ1n) is 3.07. The second-order valence-electron chi connectivity index (χ2n) is 1.62. The molecule has 0 heterocycles. The maximum absolute atomic E-state index is 2.38. The minimum atomic E-state index is 0. The molecular formula is C6H28Al2Cl7N. The monoisotopic (exact) mass is 413 g/mol. The molecule has 0 spiro atoms. The minimum Gasteiger partial charge on any atom is -0.304 e. The average molecular weight is 416 g/mol. The highest BCUT2D eigenvalue weighted by atomic mass is 35.5. The second kappa shape index (κ2) is 64.1. The maximum atomic E-state index is 2.38. The lowest BCUT2D eigenvalue weighted by molar-refractivity contribution is 0.321. The molecule has 0 fully saturated rings. The van der Waals surface area contributed by atoms with Gasteiger partial charge in [-0.05, 0) is 19.6 Å². The maximum Gasteiger partial charge on any atom is 0.187 e. The summed E-state index contributed by atoms with van der Waals surface area (Å²) in [5.74, 6) is 0. The summed E-state index contributed by atoms with van der Waals surface area (Å²) in [7, 11) is 0. The van der Waals surface area contributed by atoms with E-state index < -0.39 is 0 Å². The third-order valence-corrected chi connectivity index (χ3v) is 1.34. The molecule has 0 saturated heterocycles. The molecule has 0 aliphatic heterocycles. The Bertz CT molecular complexity index is 48.3. The Balaban J connectivity index is -0.00000000500. The molecule has 0 atom stereocenters. The Kier molecular flexibility index (Phi) is 303. The second-order valence-corrected chi connectivity index (χ2v) is 1.62. The molecule has 10 heteroatoms. The molecule has 0 rings (SSSR count). The molecule has 0 aliphatic carbocycles. The Morgan fingerprint density at radius 1 is 0.500 bits per heavy atom. The van der Waals surface area contributed by atoms with Crippen LogP contribution in [-0.4, -0.2) is 59.3 Å². The van der Waals surface area contributed by atoms with Gasteiger partial charge < -0.3 is 4.90 Å². The summed E-state index contributed by atoms with van der Waals surface area (Å²) < 4.78 is 0. The molecule has 0 aromatic carbocycles. The van der Waals surface area contributed by atoms with Gasteiger partial charge >= 0.3 is 0 Å². The number of nitrogens with zero attached hydrogens (tertiary/aromatic N) is 1. The van der Waals surface area contributed by atoms with E-state index in [9.17, 15) is 0 Å². The van der Waals surface area contributed by atoms with Crippen molar-refractivity contribution in [2.75, 3.05) is 19.6 Å². The van der Waals surface area contributed by atoms with Crippen LogP contribution in [0.2, 0.25) is 0 Å². The zero-order valence-corrected chi connectivity index (χ0v) is 14.1. The number of hydrogen-bond acceptors (Lipinski definition) is 1. The Morgan fingerprint density at radius 2 is 0.625 bits per heavy atom. The molecule has 0 radical (unpaired) electrons. The van der Waals surface area contributed by atoms with E-state index in [1.165, 1.54) is 19.6 Å². The molecule has 0 aromatic rings. The van der Waals surface area contributed by atoms with Gasteiger partial charge in [0.1, 0.15) is 0 Å². The Hall–Kier alpha value is 3.05. The van der Waals surface area contributed by atoms with Crippen LogP contribution in [0, 0.1) is 0 Å². The molecule has 0 amide bonds. The zero-order valence-electron chi connectivity index (χ0n) is 8.43. The van der Waals surface area contributed by atoms with Crippen molar-refractivity contribution < 1.29 is 0 Å². The molecule has 1 nitrogen and oxygen atoms in total. The van der Waals surface area contributed by atoms with Crippen LogP contribution in [-0.2, 0) is 0 Å². The van der Waals surface area contributed by atoms with Crippen molar-refractivity contribution in [1.82, 2.24) is 4.90 Å². The highest BCUT2D eigenvalue weighted by Crippen LogP contribution is 1.81. The zero-order chi connectivity index (χ0) is 5.70. The van der Waals surface area contributed by atoms with Crippen LogP contribution in [0.1, 0.15) is 20.8 Å². The van der Waals surface area contributed by atoms with E-state index >= 15 is 0 Å². The van der Waals surface area contributed by atoms with Crippen LogP contribution in [0.4, 0.5) is 0 Å². The lowest BCUT2D eigenvalue weighted by atomic mass is 10.5. The van der Waals surface area contributed by atoms with Gasteiger partial charge in [-0.25, -0.2) is 0 Å². The topological polar surface area (TPSA) is 3.24 Å². The fraction of sp³-hybridized carbons (Fsp3) is 1.00. The summed E-state index contributed by atoms with van der Waals surface area (Å²) in [6.45, 7) is 10.1. The molecule has 112 valence electrons. The van der Waals surface area contributed by atoms with Crippen molar-refractivity contribution in [1.29, 1.82) is 0 Å². The first kappa shape index (κ1) is 75.8. The summed E-state index contributed by atoms with van der Waals surface area (Å²) >= 11 is 0. The van der Waals surface area contributed by atoms with Crippen LogP contribution < -0.4 is 0 Å². The van der Waals surface area contributed by atoms with Gasteiger partial charge in [0.15, 0.2) is 34.7 Å². The first-order valence-corrected chi connectivity index (χ1v) is 3.07. The molecule has 0 N–H and O–H groups in total. The van der Waals surface area contributed by atoms with Crippen LogP contribution in [0.15, 0.2) is 0 Å². The lowest BCUT2D eigenvalue weighted by Crippen LogP contribution is -2.21. The first-order chi connectivity index (χ1) is 3.35. The summed E-state index contributed by atoms with van der Waals surface area (Å²) in [5.41, 5.74) is 0. The number of halogens is 7. The fourth-order valence-electron chi connectivity index (χ4n) is 0.671. The van der Waals surface area contributed by atoms with E-state index in [-0.39, 0.29) is 122 Å². The highest BCUT2D eigenvalue weighted by molar-refractivity contribution is 5.86. The Labute approximate surface area is 165 Å². The van der Waals surface area contributed by atoms with Crippen molar-refractivity contribution in [2.45, 2.75) is 20.8 Å². The quantitative estimate of drug-likeness (QED) is 0.636. The van der Waals surface area contributed by atoms with Crippen molar-refractivity contribution in [3.63, 3.8) is 0 Å². The van der Waals surface area contributed by atoms with E-state index in [0.717, 1.165) is 0 Å². The number of rotatable bonds is 3. The van der Waals surface area contributed by atoms with Gasteiger partial charge in [-0.15, -0.1) is 86.8 Å².